The summed E-state index contributed by atoms with van der Waals surface area (Å²) in [5, 5.41) is 8.85. The smallest absolute Gasteiger partial charge is 0.410 e. The van der Waals surface area contributed by atoms with Gasteiger partial charge in [0.05, 0.1) is 18.7 Å². The van der Waals surface area contributed by atoms with Gasteiger partial charge in [-0.05, 0) is 37.5 Å². The maximum absolute atomic E-state index is 12.2. The molecule has 0 aromatic heterocycles. The Hall–Kier alpha value is -2.08. The Labute approximate surface area is 136 Å². The summed E-state index contributed by atoms with van der Waals surface area (Å²) in [4.78, 5) is 25.3. The third kappa shape index (κ3) is 4.22. The molecule has 1 aromatic rings. The van der Waals surface area contributed by atoms with Crippen LogP contribution in [-0.2, 0) is 9.47 Å². The monoisotopic (exact) mass is 321 g/mol. The Kier molecular flexibility index (Phi) is 5.98. The molecule has 1 saturated heterocycles. The number of aliphatic hydroxyl groups is 1. The van der Waals surface area contributed by atoms with Gasteiger partial charge in [-0.3, -0.25) is 0 Å². The van der Waals surface area contributed by atoms with E-state index in [0.717, 1.165) is 12.0 Å². The highest BCUT2D eigenvalue weighted by Gasteiger charge is 2.30. The molecule has 1 aliphatic heterocycles. The maximum Gasteiger partial charge on any atom is 0.410 e. The second-order valence-electron chi connectivity index (χ2n) is 5.64. The van der Waals surface area contributed by atoms with E-state index >= 15 is 0 Å². The highest BCUT2D eigenvalue weighted by atomic mass is 16.6. The summed E-state index contributed by atoms with van der Waals surface area (Å²) in [6, 6.07) is 6.89. The first kappa shape index (κ1) is 17.3. The lowest BCUT2D eigenvalue weighted by Gasteiger charge is -2.35. The minimum atomic E-state index is -0.381. The van der Waals surface area contributed by atoms with Gasteiger partial charge in [-0.2, -0.15) is 0 Å². The molecule has 1 fully saturated rings. The molecule has 6 nitrogen and oxygen atoms in total. The summed E-state index contributed by atoms with van der Waals surface area (Å²) < 4.78 is 10.1. The quantitative estimate of drug-likeness (QED) is 0.815. The number of benzene rings is 1. The number of hydrogen-bond donors (Lipinski definition) is 1. The molecule has 23 heavy (non-hydrogen) atoms. The van der Waals surface area contributed by atoms with Crippen LogP contribution in [-0.4, -0.2) is 48.4 Å². The van der Waals surface area contributed by atoms with Gasteiger partial charge in [-0.15, -0.1) is 0 Å². The van der Waals surface area contributed by atoms with Crippen molar-refractivity contribution in [1.82, 2.24) is 4.90 Å². The third-order valence-electron chi connectivity index (χ3n) is 4.16. The summed E-state index contributed by atoms with van der Waals surface area (Å²) >= 11 is 0. The largest absolute Gasteiger partial charge is 0.465 e. The molecule has 1 aliphatic rings. The van der Waals surface area contributed by atoms with Gasteiger partial charge >= 0.3 is 12.1 Å². The molecule has 1 heterocycles. The number of amides is 1. The summed E-state index contributed by atoms with van der Waals surface area (Å²) in [6.45, 7) is 2.66. The van der Waals surface area contributed by atoms with Crippen LogP contribution in [0.4, 0.5) is 4.79 Å². The van der Waals surface area contributed by atoms with E-state index in [9.17, 15) is 9.59 Å². The first-order valence-corrected chi connectivity index (χ1v) is 7.83. The van der Waals surface area contributed by atoms with Crippen LogP contribution < -0.4 is 0 Å². The number of hydrogen-bond acceptors (Lipinski definition) is 5. The topological polar surface area (TPSA) is 76.1 Å². The maximum atomic E-state index is 12.2. The highest BCUT2D eigenvalue weighted by molar-refractivity contribution is 5.89. The Balaban J connectivity index is 1.99. The van der Waals surface area contributed by atoms with Crippen molar-refractivity contribution >= 4 is 12.1 Å². The normalized spacial score (nSPS) is 19.2. The molecule has 2 atom stereocenters. The van der Waals surface area contributed by atoms with Gasteiger partial charge in [0.15, 0.2) is 0 Å². The number of carbonyl (C=O) groups is 2. The summed E-state index contributed by atoms with van der Waals surface area (Å²) in [5.74, 6) is -0.381. The van der Waals surface area contributed by atoms with E-state index in [1.165, 1.54) is 7.11 Å². The van der Waals surface area contributed by atoms with E-state index in [1.54, 1.807) is 17.0 Å². The number of cyclic esters (lactones) is 1. The summed E-state index contributed by atoms with van der Waals surface area (Å²) in [5.41, 5.74) is 1.41. The number of nitrogens with zero attached hydrogens (tertiary/aromatic N) is 1. The van der Waals surface area contributed by atoms with E-state index in [1.807, 2.05) is 19.1 Å². The van der Waals surface area contributed by atoms with Crippen LogP contribution in [0.25, 0.3) is 0 Å². The molecule has 0 spiro atoms. The van der Waals surface area contributed by atoms with Crippen LogP contribution in [0.15, 0.2) is 24.3 Å². The van der Waals surface area contributed by atoms with Crippen LogP contribution in [0.2, 0.25) is 0 Å². The van der Waals surface area contributed by atoms with Crippen molar-refractivity contribution in [3.63, 3.8) is 0 Å². The summed E-state index contributed by atoms with van der Waals surface area (Å²) in [7, 11) is 1.34. The predicted octanol–water partition coefficient (Wildman–Crippen LogP) is 2.52. The lowest BCUT2D eigenvalue weighted by atomic mass is 10.0. The highest BCUT2D eigenvalue weighted by Crippen LogP contribution is 2.26. The molecule has 6 heteroatoms. The Bertz CT molecular complexity index is 542. The van der Waals surface area contributed by atoms with Crippen molar-refractivity contribution < 1.29 is 24.2 Å². The Morgan fingerprint density at radius 1 is 1.43 bits per heavy atom. The lowest BCUT2D eigenvalue weighted by Crippen LogP contribution is -2.43. The average molecular weight is 321 g/mol. The first-order valence-electron chi connectivity index (χ1n) is 7.83. The molecular weight excluding hydrogens is 298 g/mol. The molecule has 2 rings (SSSR count). The molecule has 0 saturated carbocycles. The second kappa shape index (κ2) is 7.97. The molecule has 2 unspecified atom stereocenters. The van der Waals surface area contributed by atoms with Gasteiger partial charge in [0.2, 0.25) is 0 Å². The zero-order valence-electron chi connectivity index (χ0n) is 13.5. The molecule has 0 bridgehead atoms. The van der Waals surface area contributed by atoms with Crippen LogP contribution in [0.1, 0.15) is 48.1 Å². The molecule has 1 N–H and O–H groups in total. The average Bonchev–Trinajstić information content (AvgIpc) is 2.59. The number of aliphatic hydroxyl groups excluding tert-OH is 1. The van der Waals surface area contributed by atoms with E-state index in [4.69, 9.17) is 9.84 Å². The predicted molar refractivity (Wildman–Crippen MR) is 84.1 cm³/mol. The van der Waals surface area contributed by atoms with Gasteiger partial charge in [0.1, 0.15) is 6.10 Å². The zero-order chi connectivity index (χ0) is 16.8. The van der Waals surface area contributed by atoms with Crippen molar-refractivity contribution in [3.8, 4) is 0 Å². The van der Waals surface area contributed by atoms with E-state index in [0.29, 0.717) is 24.9 Å². The number of esters is 1. The molecule has 1 amide bonds. The number of carbonyl (C=O) groups excluding carboxylic acids is 2. The lowest BCUT2D eigenvalue weighted by molar-refractivity contribution is 0.00758. The Morgan fingerprint density at radius 2 is 2.13 bits per heavy atom. The molecular formula is C17H23NO5. The number of methoxy groups -OCH3 is 1. The van der Waals surface area contributed by atoms with Gasteiger partial charge in [-0.25, -0.2) is 9.59 Å². The van der Waals surface area contributed by atoms with Crippen LogP contribution in [0, 0.1) is 0 Å². The molecule has 0 aliphatic carbocycles. The van der Waals surface area contributed by atoms with Crippen molar-refractivity contribution in [2.75, 3.05) is 20.3 Å². The SMILES string of the molecule is COC(=O)c1ccc(C(C)N2CCC(CCCO)OC2=O)cc1. The van der Waals surface area contributed by atoms with Crippen molar-refractivity contribution in [2.45, 2.75) is 38.3 Å². The standard InChI is InChI=1S/C17H23NO5/c1-12(13-5-7-14(8-6-13)16(20)22-2)18-10-9-15(4-3-11-19)23-17(18)21/h5-8,12,15,19H,3-4,9-11H2,1-2H3. The number of rotatable bonds is 6. The summed E-state index contributed by atoms with van der Waals surface area (Å²) in [6.07, 6.45) is 1.65. The van der Waals surface area contributed by atoms with Crippen LogP contribution >= 0.6 is 0 Å². The van der Waals surface area contributed by atoms with Gasteiger partial charge < -0.3 is 19.5 Å². The van der Waals surface area contributed by atoms with Gasteiger partial charge in [0.25, 0.3) is 0 Å². The minimum Gasteiger partial charge on any atom is -0.465 e. The van der Waals surface area contributed by atoms with Gasteiger partial charge in [-0.1, -0.05) is 12.1 Å². The fraction of sp³-hybridized carbons (Fsp3) is 0.529. The number of ether oxygens (including phenoxy) is 2. The molecule has 1 aromatic carbocycles. The van der Waals surface area contributed by atoms with Gasteiger partial charge in [0, 0.05) is 19.6 Å². The molecule has 0 radical (unpaired) electrons. The van der Waals surface area contributed by atoms with Crippen molar-refractivity contribution in [1.29, 1.82) is 0 Å². The van der Waals surface area contributed by atoms with Crippen molar-refractivity contribution in [3.05, 3.63) is 35.4 Å². The minimum absolute atomic E-state index is 0.111. The van der Waals surface area contributed by atoms with Crippen LogP contribution in [0.3, 0.4) is 0 Å². The zero-order valence-corrected chi connectivity index (χ0v) is 13.5. The Morgan fingerprint density at radius 3 is 2.70 bits per heavy atom. The molecule has 126 valence electrons. The fourth-order valence-electron chi connectivity index (χ4n) is 2.71. The van der Waals surface area contributed by atoms with E-state index in [2.05, 4.69) is 4.74 Å². The first-order chi connectivity index (χ1) is 11.1. The second-order valence-corrected chi connectivity index (χ2v) is 5.64. The fourth-order valence-corrected chi connectivity index (χ4v) is 2.71. The van der Waals surface area contributed by atoms with Crippen LogP contribution in [0.5, 0.6) is 0 Å². The van der Waals surface area contributed by atoms with E-state index < -0.39 is 0 Å². The van der Waals surface area contributed by atoms with Crippen molar-refractivity contribution in [2.24, 2.45) is 0 Å². The van der Waals surface area contributed by atoms with E-state index in [-0.39, 0.29) is 30.8 Å². The third-order valence-corrected chi connectivity index (χ3v) is 4.16.